The van der Waals surface area contributed by atoms with Gasteiger partial charge in [-0.15, -0.1) is 0 Å². The Labute approximate surface area is 129 Å². The molecule has 0 saturated heterocycles. The first kappa shape index (κ1) is 15.9. The summed E-state index contributed by atoms with van der Waals surface area (Å²) in [6.45, 7) is 2.10. The normalized spacial score (nSPS) is 13.9. The molecule has 0 radical (unpaired) electrons. The van der Waals surface area contributed by atoms with Gasteiger partial charge in [0.2, 0.25) is 0 Å². The van der Waals surface area contributed by atoms with Gasteiger partial charge in [0, 0.05) is 12.5 Å². The maximum absolute atomic E-state index is 6.14. The van der Waals surface area contributed by atoms with Gasteiger partial charge in [0.1, 0.15) is 16.6 Å². The van der Waals surface area contributed by atoms with Crippen molar-refractivity contribution < 1.29 is 4.74 Å². The second-order valence-corrected chi connectivity index (χ2v) is 5.84. The average molecular weight is 306 g/mol. The second kappa shape index (κ2) is 7.49. The van der Waals surface area contributed by atoms with E-state index in [1.807, 2.05) is 24.3 Å². The molecule has 1 heterocycles. The molecule has 1 aromatic carbocycles. The molecule has 2 rings (SSSR count). The van der Waals surface area contributed by atoms with Crippen molar-refractivity contribution in [3.05, 3.63) is 40.7 Å². The van der Waals surface area contributed by atoms with Crippen molar-refractivity contribution in [3.8, 4) is 5.75 Å². The Balaban J connectivity index is 2.05. The lowest BCUT2D eigenvalue weighted by molar-refractivity contribution is 0.414. The average Bonchev–Trinajstić information content (AvgIpc) is 2.95. The van der Waals surface area contributed by atoms with Crippen molar-refractivity contribution in [1.29, 1.82) is 0 Å². The van der Waals surface area contributed by atoms with Crippen LogP contribution in [0.1, 0.15) is 42.2 Å². The third kappa shape index (κ3) is 4.23. The van der Waals surface area contributed by atoms with E-state index in [1.165, 1.54) is 11.5 Å². The van der Waals surface area contributed by atoms with Gasteiger partial charge in [0.05, 0.1) is 13.2 Å². The number of nitrogens with two attached hydrogens (primary N) is 2. The summed E-state index contributed by atoms with van der Waals surface area (Å²) in [7, 11) is 1.66. The number of benzene rings is 1. The van der Waals surface area contributed by atoms with Crippen LogP contribution in [0.3, 0.4) is 0 Å². The molecule has 4 N–H and O–H groups in total. The van der Waals surface area contributed by atoms with Crippen LogP contribution in [-0.4, -0.2) is 22.5 Å². The summed E-state index contributed by atoms with van der Waals surface area (Å²) < 4.78 is 9.60. The summed E-state index contributed by atoms with van der Waals surface area (Å²) in [6.07, 6.45) is 2.58. The number of nitrogens with zero attached hydrogens (tertiary/aromatic N) is 2. The van der Waals surface area contributed by atoms with Gasteiger partial charge in [-0.25, -0.2) is 4.98 Å². The minimum absolute atomic E-state index is 0.0624. The van der Waals surface area contributed by atoms with E-state index in [1.54, 1.807) is 7.11 Å². The molecule has 0 saturated carbocycles. The SMILES string of the molecule is CCCC(N)C(N)c1nc(Cc2cccc(OC)c2)ns1. The summed E-state index contributed by atoms with van der Waals surface area (Å²) >= 11 is 1.34. The molecule has 0 aliphatic heterocycles. The Kier molecular flexibility index (Phi) is 5.67. The van der Waals surface area contributed by atoms with Crippen LogP contribution >= 0.6 is 11.5 Å². The van der Waals surface area contributed by atoms with Crippen LogP contribution in [-0.2, 0) is 6.42 Å². The second-order valence-electron chi connectivity index (χ2n) is 5.06. The van der Waals surface area contributed by atoms with E-state index in [0.29, 0.717) is 6.42 Å². The molecule has 0 fully saturated rings. The van der Waals surface area contributed by atoms with Crippen molar-refractivity contribution in [2.45, 2.75) is 38.3 Å². The number of methoxy groups -OCH3 is 1. The summed E-state index contributed by atoms with van der Waals surface area (Å²) in [5.74, 6) is 1.62. The highest BCUT2D eigenvalue weighted by atomic mass is 32.1. The molecule has 2 unspecified atom stereocenters. The predicted molar refractivity (Wildman–Crippen MR) is 85.5 cm³/mol. The minimum atomic E-state index is -0.235. The van der Waals surface area contributed by atoms with Crippen molar-refractivity contribution in [1.82, 2.24) is 9.36 Å². The van der Waals surface area contributed by atoms with Crippen molar-refractivity contribution in [3.63, 3.8) is 0 Å². The summed E-state index contributed by atoms with van der Waals surface area (Å²) in [5.41, 5.74) is 13.3. The maximum atomic E-state index is 6.14. The lowest BCUT2D eigenvalue weighted by Gasteiger charge is -2.15. The largest absolute Gasteiger partial charge is 0.497 e. The monoisotopic (exact) mass is 306 g/mol. The molecule has 2 aromatic rings. The lowest BCUT2D eigenvalue weighted by Crippen LogP contribution is -2.33. The number of rotatable bonds is 7. The highest BCUT2D eigenvalue weighted by molar-refractivity contribution is 7.05. The van der Waals surface area contributed by atoms with Crippen LogP contribution in [0.5, 0.6) is 5.75 Å². The first-order valence-electron chi connectivity index (χ1n) is 7.10. The van der Waals surface area contributed by atoms with Gasteiger partial charge < -0.3 is 16.2 Å². The zero-order valence-corrected chi connectivity index (χ0v) is 13.3. The van der Waals surface area contributed by atoms with Crippen molar-refractivity contribution in [2.75, 3.05) is 7.11 Å². The molecule has 2 atom stereocenters. The molecule has 21 heavy (non-hydrogen) atoms. The molecule has 6 heteroatoms. The van der Waals surface area contributed by atoms with E-state index in [4.69, 9.17) is 16.2 Å². The van der Waals surface area contributed by atoms with Crippen molar-refractivity contribution >= 4 is 11.5 Å². The quantitative estimate of drug-likeness (QED) is 0.819. The fourth-order valence-corrected chi connectivity index (χ4v) is 2.88. The molecular formula is C15H22N4OS. The van der Waals surface area contributed by atoms with Crippen LogP contribution < -0.4 is 16.2 Å². The Morgan fingerprint density at radius 3 is 2.86 bits per heavy atom. The Morgan fingerprint density at radius 2 is 2.14 bits per heavy atom. The summed E-state index contributed by atoms with van der Waals surface area (Å²) in [6, 6.07) is 7.61. The topological polar surface area (TPSA) is 87.1 Å². The van der Waals surface area contributed by atoms with E-state index >= 15 is 0 Å². The van der Waals surface area contributed by atoms with E-state index in [0.717, 1.165) is 35.0 Å². The molecule has 0 bridgehead atoms. The highest BCUT2D eigenvalue weighted by Crippen LogP contribution is 2.20. The van der Waals surface area contributed by atoms with E-state index in [2.05, 4.69) is 16.3 Å². The van der Waals surface area contributed by atoms with E-state index in [9.17, 15) is 0 Å². The Morgan fingerprint density at radius 1 is 1.33 bits per heavy atom. The smallest absolute Gasteiger partial charge is 0.147 e. The predicted octanol–water partition coefficient (Wildman–Crippen LogP) is 2.26. The number of ether oxygens (including phenoxy) is 1. The van der Waals surface area contributed by atoms with Gasteiger partial charge in [0.15, 0.2) is 0 Å². The Bertz CT molecular complexity index is 572. The van der Waals surface area contributed by atoms with Crippen LogP contribution in [0, 0.1) is 0 Å². The molecule has 1 aromatic heterocycles. The van der Waals surface area contributed by atoms with E-state index < -0.39 is 0 Å². The van der Waals surface area contributed by atoms with Gasteiger partial charge in [-0.1, -0.05) is 25.5 Å². The Hall–Kier alpha value is -1.50. The molecule has 0 spiro atoms. The zero-order chi connectivity index (χ0) is 15.2. The summed E-state index contributed by atoms with van der Waals surface area (Å²) in [4.78, 5) is 4.53. The molecule has 114 valence electrons. The van der Waals surface area contributed by atoms with Gasteiger partial charge in [-0.2, -0.15) is 4.37 Å². The van der Waals surface area contributed by atoms with Gasteiger partial charge in [-0.3, -0.25) is 0 Å². The van der Waals surface area contributed by atoms with Crippen molar-refractivity contribution in [2.24, 2.45) is 11.5 Å². The fourth-order valence-electron chi connectivity index (χ4n) is 2.14. The van der Waals surface area contributed by atoms with Gasteiger partial charge in [-0.05, 0) is 35.6 Å². The first-order chi connectivity index (χ1) is 10.1. The summed E-state index contributed by atoms with van der Waals surface area (Å²) in [5, 5.41) is 0.814. The zero-order valence-electron chi connectivity index (χ0n) is 12.5. The lowest BCUT2D eigenvalue weighted by atomic mass is 10.1. The molecule has 0 aliphatic carbocycles. The standard InChI is InChI=1S/C15H22N4OS/c1-3-5-12(16)14(17)15-18-13(19-21-15)9-10-6-4-7-11(8-10)20-2/h4,6-8,12,14H,3,5,9,16-17H2,1-2H3. The third-order valence-electron chi connectivity index (χ3n) is 3.35. The number of hydrogen-bond acceptors (Lipinski definition) is 6. The van der Waals surface area contributed by atoms with Crippen LogP contribution in [0.15, 0.2) is 24.3 Å². The van der Waals surface area contributed by atoms with Gasteiger partial charge >= 0.3 is 0 Å². The highest BCUT2D eigenvalue weighted by Gasteiger charge is 2.19. The number of aromatic nitrogens is 2. The maximum Gasteiger partial charge on any atom is 0.147 e. The minimum Gasteiger partial charge on any atom is -0.497 e. The first-order valence-corrected chi connectivity index (χ1v) is 7.88. The molecular weight excluding hydrogens is 284 g/mol. The van der Waals surface area contributed by atoms with Gasteiger partial charge in [0.25, 0.3) is 0 Å². The third-order valence-corrected chi connectivity index (χ3v) is 4.20. The molecule has 0 aliphatic rings. The fraction of sp³-hybridized carbons (Fsp3) is 0.467. The van der Waals surface area contributed by atoms with E-state index in [-0.39, 0.29) is 12.1 Å². The molecule has 5 nitrogen and oxygen atoms in total. The van der Waals surface area contributed by atoms with Crippen LogP contribution in [0.25, 0.3) is 0 Å². The van der Waals surface area contributed by atoms with Crippen LogP contribution in [0.4, 0.5) is 0 Å². The molecule has 0 amide bonds. The van der Waals surface area contributed by atoms with Crippen LogP contribution in [0.2, 0.25) is 0 Å². The number of hydrogen-bond donors (Lipinski definition) is 2.